The number of aliphatic carboxylic acids is 1. The van der Waals surface area contributed by atoms with Crippen molar-refractivity contribution in [3.05, 3.63) is 11.7 Å². The number of carboxylic acid groups (broad SMARTS) is 1. The topological polar surface area (TPSA) is 105 Å². The molecule has 0 aliphatic rings. The molecular weight excluding hydrogens is 274 g/mol. The number of nitrogens with zero attached hydrogens (tertiary/aromatic N) is 2. The first-order chi connectivity index (χ1) is 9.97. The largest absolute Gasteiger partial charge is 0.480 e. The van der Waals surface area contributed by atoms with Crippen LogP contribution >= 0.6 is 0 Å². The van der Waals surface area contributed by atoms with Gasteiger partial charge >= 0.3 is 5.97 Å². The highest BCUT2D eigenvalue weighted by Crippen LogP contribution is 2.16. The first-order valence-corrected chi connectivity index (χ1v) is 7.33. The summed E-state index contributed by atoms with van der Waals surface area (Å²) in [5.74, 6) is -0.294. The Morgan fingerprint density at radius 3 is 2.43 bits per heavy atom. The Morgan fingerprint density at radius 1 is 1.24 bits per heavy atom. The molecular formula is C14H23N3O4. The standard InChI is InChI=1S/C14H23N3O4/c1-4-7-10-15-12(21-17-10)9-8-11(18)16-14(5-2,6-3)13(19)20/h4-9H2,1-3H3,(H,16,18)(H,19,20). The number of hydrogen-bond acceptors (Lipinski definition) is 5. The summed E-state index contributed by atoms with van der Waals surface area (Å²) in [6.07, 6.45) is 2.78. The van der Waals surface area contributed by atoms with E-state index >= 15 is 0 Å². The zero-order valence-electron chi connectivity index (χ0n) is 12.8. The Bertz CT molecular complexity index is 480. The number of carbonyl (C=O) groups is 2. The summed E-state index contributed by atoms with van der Waals surface area (Å²) < 4.78 is 5.04. The summed E-state index contributed by atoms with van der Waals surface area (Å²) in [7, 11) is 0. The monoisotopic (exact) mass is 297 g/mol. The van der Waals surface area contributed by atoms with E-state index in [1.54, 1.807) is 13.8 Å². The lowest BCUT2D eigenvalue weighted by atomic mass is 9.92. The molecule has 7 nitrogen and oxygen atoms in total. The lowest BCUT2D eigenvalue weighted by Crippen LogP contribution is -2.53. The number of aromatic nitrogens is 2. The summed E-state index contributed by atoms with van der Waals surface area (Å²) in [4.78, 5) is 27.4. The molecule has 21 heavy (non-hydrogen) atoms. The molecule has 0 saturated heterocycles. The van der Waals surface area contributed by atoms with E-state index in [0.717, 1.165) is 12.8 Å². The van der Waals surface area contributed by atoms with Gasteiger partial charge in [0.1, 0.15) is 5.54 Å². The lowest BCUT2D eigenvalue weighted by Gasteiger charge is -2.27. The van der Waals surface area contributed by atoms with Crippen LogP contribution in [0.15, 0.2) is 4.52 Å². The molecule has 0 aliphatic heterocycles. The molecule has 1 amide bonds. The first-order valence-electron chi connectivity index (χ1n) is 7.33. The number of nitrogens with one attached hydrogen (secondary N) is 1. The third kappa shape index (κ3) is 4.54. The van der Waals surface area contributed by atoms with Crippen molar-refractivity contribution in [2.24, 2.45) is 0 Å². The maximum atomic E-state index is 11.9. The molecule has 7 heteroatoms. The third-order valence-corrected chi connectivity index (χ3v) is 3.54. The van der Waals surface area contributed by atoms with Crippen molar-refractivity contribution in [2.45, 2.75) is 64.8 Å². The molecule has 0 saturated carbocycles. The van der Waals surface area contributed by atoms with Gasteiger partial charge in [-0.15, -0.1) is 0 Å². The van der Waals surface area contributed by atoms with Gasteiger partial charge in [-0.3, -0.25) is 4.79 Å². The Morgan fingerprint density at radius 2 is 1.90 bits per heavy atom. The van der Waals surface area contributed by atoms with E-state index in [0.29, 0.717) is 31.0 Å². The zero-order valence-corrected chi connectivity index (χ0v) is 12.8. The van der Waals surface area contributed by atoms with Crippen molar-refractivity contribution >= 4 is 11.9 Å². The number of rotatable bonds is 9. The van der Waals surface area contributed by atoms with Crippen LogP contribution < -0.4 is 5.32 Å². The molecule has 0 atom stereocenters. The summed E-state index contributed by atoms with van der Waals surface area (Å²) in [6, 6.07) is 0. The van der Waals surface area contributed by atoms with Crippen molar-refractivity contribution in [2.75, 3.05) is 0 Å². The highest BCUT2D eigenvalue weighted by molar-refractivity contribution is 5.86. The minimum atomic E-state index is -1.20. The van der Waals surface area contributed by atoms with Crippen LogP contribution in [0.3, 0.4) is 0 Å². The van der Waals surface area contributed by atoms with Gasteiger partial charge in [-0.1, -0.05) is 25.9 Å². The fourth-order valence-corrected chi connectivity index (χ4v) is 2.05. The first kappa shape index (κ1) is 17.1. The van der Waals surface area contributed by atoms with Gasteiger partial charge in [0.15, 0.2) is 5.82 Å². The number of hydrogen-bond donors (Lipinski definition) is 2. The van der Waals surface area contributed by atoms with Gasteiger partial charge in [0.25, 0.3) is 0 Å². The van der Waals surface area contributed by atoms with Crippen molar-refractivity contribution in [3.63, 3.8) is 0 Å². The van der Waals surface area contributed by atoms with E-state index in [9.17, 15) is 14.7 Å². The number of aryl methyl sites for hydroxylation is 2. The van der Waals surface area contributed by atoms with Gasteiger partial charge in [-0.05, 0) is 19.3 Å². The second-order valence-corrected chi connectivity index (χ2v) is 5.00. The second-order valence-electron chi connectivity index (χ2n) is 5.00. The van der Waals surface area contributed by atoms with Crippen LogP contribution in [0.25, 0.3) is 0 Å². The average molecular weight is 297 g/mol. The van der Waals surface area contributed by atoms with E-state index < -0.39 is 11.5 Å². The quantitative estimate of drug-likeness (QED) is 0.719. The number of amides is 1. The normalized spacial score (nSPS) is 11.4. The highest BCUT2D eigenvalue weighted by Gasteiger charge is 2.36. The van der Waals surface area contributed by atoms with Crippen molar-refractivity contribution in [1.29, 1.82) is 0 Å². The van der Waals surface area contributed by atoms with Crippen LogP contribution in [-0.4, -0.2) is 32.7 Å². The predicted octanol–water partition coefficient (Wildman–Crippen LogP) is 1.71. The molecule has 118 valence electrons. The molecule has 0 spiro atoms. The van der Waals surface area contributed by atoms with Crippen molar-refractivity contribution < 1.29 is 19.2 Å². The van der Waals surface area contributed by atoms with Gasteiger partial charge in [-0.2, -0.15) is 4.98 Å². The molecule has 0 fully saturated rings. The van der Waals surface area contributed by atoms with E-state index in [2.05, 4.69) is 15.5 Å². The molecule has 2 N–H and O–H groups in total. The summed E-state index contributed by atoms with van der Waals surface area (Å²) in [5, 5.41) is 15.7. The van der Waals surface area contributed by atoms with E-state index in [1.807, 2.05) is 6.92 Å². The van der Waals surface area contributed by atoms with Crippen LogP contribution in [-0.2, 0) is 22.4 Å². The predicted molar refractivity (Wildman–Crippen MR) is 75.7 cm³/mol. The Balaban J connectivity index is 2.54. The van der Waals surface area contributed by atoms with Crippen LogP contribution in [0.4, 0.5) is 0 Å². The van der Waals surface area contributed by atoms with Crippen LogP contribution in [0.5, 0.6) is 0 Å². The van der Waals surface area contributed by atoms with Crippen LogP contribution in [0.2, 0.25) is 0 Å². The summed E-state index contributed by atoms with van der Waals surface area (Å²) in [6.45, 7) is 5.50. The fraction of sp³-hybridized carbons (Fsp3) is 0.714. The smallest absolute Gasteiger partial charge is 0.329 e. The molecule has 1 aromatic heterocycles. The van der Waals surface area contributed by atoms with Crippen molar-refractivity contribution in [3.8, 4) is 0 Å². The Kier molecular flexibility index (Phi) is 6.33. The Hall–Kier alpha value is -1.92. The molecule has 1 aromatic rings. The van der Waals surface area contributed by atoms with Crippen LogP contribution in [0.1, 0.15) is 58.2 Å². The molecule has 1 rings (SSSR count). The van der Waals surface area contributed by atoms with Gasteiger partial charge in [0, 0.05) is 19.3 Å². The SMILES string of the molecule is CCCc1noc(CCC(=O)NC(CC)(CC)C(=O)O)n1. The average Bonchev–Trinajstić information content (AvgIpc) is 2.90. The van der Waals surface area contributed by atoms with Crippen LogP contribution in [0, 0.1) is 0 Å². The highest BCUT2D eigenvalue weighted by atomic mass is 16.5. The fourth-order valence-electron chi connectivity index (χ4n) is 2.05. The van der Waals surface area contributed by atoms with Gasteiger partial charge in [0.05, 0.1) is 0 Å². The number of carbonyl (C=O) groups excluding carboxylic acids is 1. The molecule has 0 bridgehead atoms. The summed E-state index contributed by atoms with van der Waals surface area (Å²) in [5.41, 5.74) is -1.20. The third-order valence-electron chi connectivity index (χ3n) is 3.54. The molecule has 0 unspecified atom stereocenters. The maximum Gasteiger partial charge on any atom is 0.329 e. The van der Waals surface area contributed by atoms with Gasteiger partial charge in [0.2, 0.25) is 11.8 Å². The molecule has 1 heterocycles. The summed E-state index contributed by atoms with van der Waals surface area (Å²) >= 11 is 0. The molecule has 0 aromatic carbocycles. The van der Waals surface area contributed by atoms with E-state index in [1.165, 1.54) is 0 Å². The molecule has 0 radical (unpaired) electrons. The Labute approximate surface area is 124 Å². The number of carboxylic acids is 1. The van der Waals surface area contributed by atoms with Gasteiger partial charge < -0.3 is 14.9 Å². The molecule has 0 aliphatic carbocycles. The van der Waals surface area contributed by atoms with E-state index in [4.69, 9.17) is 4.52 Å². The van der Waals surface area contributed by atoms with Gasteiger partial charge in [-0.25, -0.2) is 4.79 Å². The van der Waals surface area contributed by atoms with E-state index in [-0.39, 0.29) is 12.3 Å². The maximum absolute atomic E-state index is 11.9. The van der Waals surface area contributed by atoms with Crippen molar-refractivity contribution in [1.82, 2.24) is 15.5 Å². The second kappa shape index (κ2) is 7.75. The minimum Gasteiger partial charge on any atom is -0.480 e. The zero-order chi connectivity index (χ0) is 15.9. The lowest BCUT2D eigenvalue weighted by molar-refractivity contribution is -0.148. The minimum absolute atomic E-state index is 0.128.